The average Bonchev–Trinajstić information content (AvgIpc) is 2.84. The van der Waals surface area contributed by atoms with Gasteiger partial charge in [0.1, 0.15) is 4.88 Å². The molecule has 5 nitrogen and oxygen atoms in total. The van der Waals surface area contributed by atoms with Gasteiger partial charge in [-0.25, -0.2) is 0 Å². The van der Waals surface area contributed by atoms with E-state index >= 15 is 0 Å². The van der Waals surface area contributed by atoms with Crippen molar-refractivity contribution in [2.24, 2.45) is 5.73 Å². The molecule has 0 fully saturated rings. The van der Waals surface area contributed by atoms with Crippen LogP contribution in [0.5, 0.6) is 0 Å². The predicted molar refractivity (Wildman–Crippen MR) is 75.9 cm³/mol. The molecule has 0 aliphatic carbocycles. The Morgan fingerprint density at radius 1 is 1.47 bits per heavy atom. The highest BCUT2D eigenvalue weighted by Gasteiger charge is 2.12. The molecule has 0 saturated carbocycles. The van der Waals surface area contributed by atoms with Crippen LogP contribution >= 0.6 is 11.3 Å². The highest BCUT2D eigenvalue weighted by molar-refractivity contribution is 7.12. The summed E-state index contributed by atoms with van der Waals surface area (Å²) in [7, 11) is 3.37. The molecule has 0 aliphatic rings. The third kappa shape index (κ3) is 4.73. The first-order valence-corrected chi connectivity index (χ1v) is 6.69. The summed E-state index contributed by atoms with van der Waals surface area (Å²) in [5.41, 5.74) is 5.97. The first-order valence-electron chi connectivity index (χ1n) is 5.81. The summed E-state index contributed by atoms with van der Waals surface area (Å²) < 4.78 is 0. The van der Waals surface area contributed by atoms with Crippen molar-refractivity contribution in [2.75, 3.05) is 27.2 Å². The average molecular weight is 279 g/mol. The molecule has 1 aromatic rings. The summed E-state index contributed by atoms with van der Waals surface area (Å²) in [6.45, 7) is 0.575. The largest absolute Gasteiger partial charge is 0.351 e. The number of nitrogens with zero attached hydrogens (tertiary/aromatic N) is 1. The van der Waals surface area contributed by atoms with Crippen LogP contribution in [-0.2, 0) is 4.79 Å². The second-order valence-electron chi connectivity index (χ2n) is 3.96. The summed E-state index contributed by atoms with van der Waals surface area (Å²) in [6.07, 6.45) is 0.286. The maximum absolute atomic E-state index is 11.9. The first-order chi connectivity index (χ1) is 9.06. The molecule has 1 rings (SSSR count). The quantitative estimate of drug-likeness (QED) is 0.777. The Labute approximate surface area is 116 Å². The van der Waals surface area contributed by atoms with Gasteiger partial charge in [-0.1, -0.05) is 11.8 Å². The molecule has 0 aromatic carbocycles. The van der Waals surface area contributed by atoms with E-state index in [0.717, 1.165) is 0 Å². The molecule has 0 bridgehead atoms. The van der Waals surface area contributed by atoms with Crippen molar-refractivity contribution in [1.29, 1.82) is 0 Å². The minimum Gasteiger partial charge on any atom is -0.351 e. The van der Waals surface area contributed by atoms with Gasteiger partial charge in [-0.2, -0.15) is 0 Å². The number of carbonyl (C=O) groups is 2. The number of hydrogen-bond acceptors (Lipinski definition) is 4. The summed E-state index contributed by atoms with van der Waals surface area (Å²) >= 11 is 1.32. The van der Waals surface area contributed by atoms with E-state index in [-0.39, 0.29) is 24.8 Å². The lowest BCUT2D eigenvalue weighted by Gasteiger charge is -2.10. The fourth-order valence-corrected chi connectivity index (χ4v) is 2.08. The zero-order valence-corrected chi connectivity index (χ0v) is 11.8. The minimum absolute atomic E-state index is 0.0189. The third-order valence-electron chi connectivity index (χ3n) is 2.32. The zero-order valence-electron chi connectivity index (χ0n) is 11.0. The third-order valence-corrected chi connectivity index (χ3v) is 3.23. The maximum atomic E-state index is 11.9. The van der Waals surface area contributed by atoms with Crippen LogP contribution in [0.2, 0.25) is 0 Å². The lowest BCUT2D eigenvalue weighted by Crippen LogP contribution is -2.30. The number of nitrogens with one attached hydrogen (secondary N) is 1. The topological polar surface area (TPSA) is 75.4 Å². The normalized spacial score (nSPS) is 9.42. The van der Waals surface area contributed by atoms with E-state index in [4.69, 9.17) is 5.73 Å². The van der Waals surface area contributed by atoms with Gasteiger partial charge in [0.05, 0.1) is 6.54 Å². The number of thiophene rings is 1. The van der Waals surface area contributed by atoms with Gasteiger partial charge >= 0.3 is 0 Å². The molecule has 2 amide bonds. The molecule has 19 heavy (non-hydrogen) atoms. The van der Waals surface area contributed by atoms with Gasteiger partial charge in [0.2, 0.25) is 5.91 Å². The van der Waals surface area contributed by atoms with Gasteiger partial charge in [-0.3, -0.25) is 9.59 Å². The van der Waals surface area contributed by atoms with Crippen molar-refractivity contribution in [1.82, 2.24) is 10.2 Å². The molecule has 0 aliphatic heterocycles. The maximum Gasteiger partial charge on any atom is 0.262 e. The van der Waals surface area contributed by atoms with Crippen molar-refractivity contribution in [3.05, 3.63) is 21.9 Å². The van der Waals surface area contributed by atoms with Crippen LogP contribution in [0.25, 0.3) is 0 Å². The number of carbonyl (C=O) groups excluding carboxylic acids is 2. The number of amides is 2. The lowest BCUT2D eigenvalue weighted by atomic mass is 10.2. The molecule has 0 spiro atoms. The Morgan fingerprint density at radius 3 is 2.84 bits per heavy atom. The monoisotopic (exact) mass is 279 g/mol. The van der Waals surface area contributed by atoms with Crippen LogP contribution in [0.15, 0.2) is 11.4 Å². The fourth-order valence-electron chi connectivity index (χ4n) is 1.32. The standard InChI is InChI=1S/C13H17N3O2S/c1-16(2)11(17)5-8-15-13(18)12-10(4-3-7-14)6-9-19-12/h6,9H,5,7-8,14H2,1-2H3,(H,15,18). The van der Waals surface area contributed by atoms with Crippen LogP contribution < -0.4 is 11.1 Å². The first kappa shape index (κ1) is 15.2. The Bertz CT molecular complexity index is 511. The molecule has 1 aromatic heterocycles. The van der Waals surface area contributed by atoms with Crippen molar-refractivity contribution < 1.29 is 9.59 Å². The van der Waals surface area contributed by atoms with Gasteiger partial charge in [-0.15, -0.1) is 11.3 Å². The Balaban J connectivity index is 2.55. The summed E-state index contributed by atoms with van der Waals surface area (Å²) in [5, 5.41) is 4.52. The van der Waals surface area contributed by atoms with Gasteiger partial charge in [-0.05, 0) is 11.4 Å². The second kappa shape index (κ2) is 7.56. The molecule has 0 unspecified atom stereocenters. The SMILES string of the molecule is CN(C)C(=O)CCNC(=O)c1sccc1C#CCN. The van der Waals surface area contributed by atoms with E-state index in [2.05, 4.69) is 17.2 Å². The summed E-state index contributed by atoms with van der Waals surface area (Å²) in [5.74, 6) is 5.34. The zero-order chi connectivity index (χ0) is 14.3. The van der Waals surface area contributed by atoms with Crippen molar-refractivity contribution in [2.45, 2.75) is 6.42 Å². The van der Waals surface area contributed by atoms with Crippen LogP contribution in [0, 0.1) is 11.8 Å². The van der Waals surface area contributed by atoms with E-state index in [1.54, 1.807) is 25.5 Å². The van der Waals surface area contributed by atoms with Crippen molar-refractivity contribution in [3.63, 3.8) is 0 Å². The highest BCUT2D eigenvalue weighted by atomic mass is 32.1. The second-order valence-corrected chi connectivity index (χ2v) is 4.88. The number of rotatable bonds is 4. The fraction of sp³-hybridized carbons (Fsp3) is 0.385. The molecule has 0 atom stereocenters. The van der Waals surface area contributed by atoms with Crippen LogP contribution in [-0.4, -0.2) is 43.9 Å². The van der Waals surface area contributed by atoms with Crippen LogP contribution in [0.1, 0.15) is 21.7 Å². The highest BCUT2D eigenvalue weighted by Crippen LogP contribution is 2.15. The molecular weight excluding hydrogens is 262 g/mol. The number of hydrogen-bond donors (Lipinski definition) is 2. The predicted octanol–water partition coefficient (Wildman–Crippen LogP) is 0.266. The van der Waals surface area contributed by atoms with Gasteiger partial charge < -0.3 is 16.0 Å². The van der Waals surface area contributed by atoms with E-state index in [9.17, 15) is 9.59 Å². The molecule has 102 valence electrons. The van der Waals surface area contributed by atoms with Gasteiger partial charge in [0, 0.05) is 32.6 Å². The van der Waals surface area contributed by atoms with Gasteiger partial charge in [0.15, 0.2) is 0 Å². The summed E-state index contributed by atoms with van der Waals surface area (Å²) in [4.78, 5) is 25.3. The van der Waals surface area contributed by atoms with Crippen molar-refractivity contribution in [3.8, 4) is 11.8 Å². The van der Waals surface area contributed by atoms with Gasteiger partial charge in [0.25, 0.3) is 5.91 Å². The molecule has 6 heteroatoms. The van der Waals surface area contributed by atoms with E-state index in [0.29, 0.717) is 17.0 Å². The Morgan fingerprint density at radius 2 is 2.21 bits per heavy atom. The Hall–Kier alpha value is -1.84. The molecule has 0 radical (unpaired) electrons. The van der Waals surface area contributed by atoms with Crippen molar-refractivity contribution >= 4 is 23.2 Å². The van der Waals surface area contributed by atoms with E-state index < -0.39 is 0 Å². The smallest absolute Gasteiger partial charge is 0.262 e. The lowest BCUT2D eigenvalue weighted by molar-refractivity contribution is -0.128. The minimum atomic E-state index is -0.206. The van der Waals surface area contributed by atoms with Crippen LogP contribution in [0.4, 0.5) is 0 Å². The van der Waals surface area contributed by atoms with Crippen LogP contribution in [0.3, 0.4) is 0 Å². The van der Waals surface area contributed by atoms with E-state index in [1.165, 1.54) is 16.2 Å². The summed E-state index contributed by atoms with van der Waals surface area (Å²) in [6, 6.07) is 1.78. The molecular formula is C13H17N3O2S. The Kier molecular flexibility index (Phi) is 6.06. The molecule has 3 N–H and O–H groups in total. The molecule has 1 heterocycles. The van der Waals surface area contributed by atoms with E-state index in [1.807, 2.05) is 0 Å². The molecule has 0 saturated heterocycles. The number of nitrogens with two attached hydrogens (primary N) is 1.